The van der Waals surface area contributed by atoms with Gasteiger partial charge in [0.15, 0.2) is 11.6 Å². The predicted octanol–water partition coefficient (Wildman–Crippen LogP) is 0.712. The maximum Gasteiger partial charge on any atom is 0.254 e. The van der Waals surface area contributed by atoms with Crippen molar-refractivity contribution < 1.29 is 13.9 Å². The highest BCUT2D eigenvalue weighted by Gasteiger charge is 2.18. The molecule has 1 saturated heterocycles. The van der Waals surface area contributed by atoms with Crippen LogP contribution in [0.25, 0.3) is 0 Å². The minimum atomic E-state index is -0.780. The zero-order valence-electron chi connectivity index (χ0n) is 9.28. The Morgan fingerprint density at radius 1 is 1.71 bits per heavy atom. The first-order valence-electron chi connectivity index (χ1n) is 5.48. The normalized spacial score (nSPS) is 19.2. The van der Waals surface area contributed by atoms with Crippen molar-refractivity contribution >= 4 is 11.7 Å². The summed E-state index contributed by atoms with van der Waals surface area (Å²) in [7, 11) is 0. The van der Waals surface area contributed by atoms with Crippen LogP contribution in [0.1, 0.15) is 23.2 Å². The molecule has 1 fully saturated rings. The van der Waals surface area contributed by atoms with Crippen molar-refractivity contribution in [3.63, 3.8) is 0 Å². The molecule has 1 amide bonds. The largest absolute Gasteiger partial charge is 0.381 e. The lowest BCUT2D eigenvalue weighted by Crippen LogP contribution is -2.32. The lowest BCUT2D eigenvalue weighted by Gasteiger charge is -2.11. The number of pyridine rings is 1. The van der Waals surface area contributed by atoms with E-state index in [-0.39, 0.29) is 17.5 Å². The number of hydrogen-bond acceptors (Lipinski definition) is 4. The van der Waals surface area contributed by atoms with Crippen LogP contribution in [0.2, 0.25) is 0 Å². The van der Waals surface area contributed by atoms with E-state index in [0.717, 1.165) is 19.4 Å². The highest BCUT2D eigenvalue weighted by atomic mass is 19.1. The number of hydrogen-bond donors (Lipinski definition) is 2. The summed E-state index contributed by atoms with van der Waals surface area (Å²) in [6, 6.07) is 1.30. The number of nitrogens with one attached hydrogen (secondary N) is 1. The fourth-order valence-electron chi connectivity index (χ4n) is 1.74. The first kappa shape index (κ1) is 11.8. The number of aromatic nitrogens is 1. The van der Waals surface area contributed by atoms with E-state index in [1.54, 1.807) is 0 Å². The van der Waals surface area contributed by atoms with E-state index in [4.69, 9.17) is 10.5 Å². The first-order chi connectivity index (χ1) is 8.18. The van der Waals surface area contributed by atoms with Gasteiger partial charge >= 0.3 is 0 Å². The van der Waals surface area contributed by atoms with E-state index < -0.39 is 11.7 Å². The van der Waals surface area contributed by atoms with Gasteiger partial charge < -0.3 is 15.8 Å². The molecule has 1 aliphatic rings. The Bertz CT molecular complexity index is 419. The number of anilines is 1. The van der Waals surface area contributed by atoms with Gasteiger partial charge in [0.1, 0.15) is 0 Å². The molecular weight excluding hydrogens is 225 g/mol. The van der Waals surface area contributed by atoms with E-state index in [2.05, 4.69) is 10.3 Å². The molecule has 1 aliphatic heterocycles. The van der Waals surface area contributed by atoms with Crippen molar-refractivity contribution in [2.75, 3.05) is 18.9 Å². The second-order valence-corrected chi connectivity index (χ2v) is 3.90. The van der Waals surface area contributed by atoms with Crippen molar-refractivity contribution in [2.24, 2.45) is 0 Å². The van der Waals surface area contributed by atoms with Gasteiger partial charge in [-0.15, -0.1) is 0 Å². The molecule has 0 saturated carbocycles. The van der Waals surface area contributed by atoms with Crippen LogP contribution in [-0.4, -0.2) is 30.1 Å². The van der Waals surface area contributed by atoms with Gasteiger partial charge in [-0.1, -0.05) is 0 Å². The Morgan fingerprint density at radius 2 is 2.53 bits per heavy atom. The quantitative estimate of drug-likeness (QED) is 0.814. The molecule has 1 aromatic heterocycles. The number of nitrogen functional groups attached to an aromatic ring is 1. The molecule has 0 aromatic carbocycles. The number of amides is 1. The number of nitrogens with zero attached hydrogens (tertiary/aromatic N) is 1. The zero-order valence-corrected chi connectivity index (χ0v) is 9.28. The van der Waals surface area contributed by atoms with Crippen LogP contribution < -0.4 is 11.1 Å². The van der Waals surface area contributed by atoms with Crippen molar-refractivity contribution in [3.8, 4) is 0 Å². The molecular formula is C11H14FN3O2. The lowest BCUT2D eigenvalue weighted by molar-refractivity contribution is 0.0854. The van der Waals surface area contributed by atoms with Crippen LogP contribution in [0.3, 0.4) is 0 Å². The summed E-state index contributed by atoms with van der Waals surface area (Å²) in [6.07, 6.45) is 3.25. The molecule has 3 N–H and O–H groups in total. The number of ether oxygens (including phenoxy) is 1. The number of nitrogens with two attached hydrogens (primary N) is 1. The average molecular weight is 239 g/mol. The second-order valence-electron chi connectivity index (χ2n) is 3.90. The Hall–Kier alpha value is -1.69. The van der Waals surface area contributed by atoms with Gasteiger partial charge in [0.05, 0.1) is 11.7 Å². The van der Waals surface area contributed by atoms with Gasteiger partial charge in [-0.2, -0.15) is 0 Å². The van der Waals surface area contributed by atoms with Crippen molar-refractivity contribution in [1.82, 2.24) is 10.3 Å². The summed E-state index contributed by atoms with van der Waals surface area (Å²) in [4.78, 5) is 15.2. The first-order valence-corrected chi connectivity index (χ1v) is 5.48. The molecule has 6 heteroatoms. The Labute approximate surface area is 98.2 Å². The number of halogens is 1. The van der Waals surface area contributed by atoms with Crippen molar-refractivity contribution in [3.05, 3.63) is 23.6 Å². The average Bonchev–Trinajstić information content (AvgIpc) is 2.82. The van der Waals surface area contributed by atoms with Gasteiger partial charge in [-0.25, -0.2) is 9.37 Å². The summed E-state index contributed by atoms with van der Waals surface area (Å²) in [5.41, 5.74) is 5.20. The van der Waals surface area contributed by atoms with Crippen LogP contribution in [0.15, 0.2) is 12.3 Å². The fourth-order valence-corrected chi connectivity index (χ4v) is 1.74. The van der Waals surface area contributed by atoms with Crippen LogP contribution in [-0.2, 0) is 4.74 Å². The molecule has 2 rings (SSSR count). The summed E-state index contributed by atoms with van der Waals surface area (Å²) < 4.78 is 18.8. The molecule has 0 aliphatic carbocycles. The van der Waals surface area contributed by atoms with Crippen LogP contribution in [0.5, 0.6) is 0 Å². The number of rotatable bonds is 3. The molecule has 0 spiro atoms. The van der Waals surface area contributed by atoms with E-state index in [1.807, 2.05) is 0 Å². The smallest absolute Gasteiger partial charge is 0.254 e. The molecule has 0 bridgehead atoms. The molecule has 2 heterocycles. The highest BCUT2D eigenvalue weighted by molar-refractivity contribution is 5.95. The van der Waals surface area contributed by atoms with E-state index >= 15 is 0 Å². The van der Waals surface area contributed by atoms with Crippen LogP contribution >= 0.6 is 0 Å². The molecule has 0 radical (unpaired) electrons. The lowest BCUT2D eigenvalue weighted by atomic mass is 10.2. The topological polar surface area (TPSA) is 77.2 Å². The second kappa shape index (κ2) is 5.09. The molecule has 92 valence electrons. The van der Waals surface area contributed by atoms with Crippen LogP contribution in [0.4, 0.5) is 10.2 Å². The van der Waals surface area contributed by atoms with E-state index in [0.29, 0.717) is 6.54 Å². The van der Waals surface area contributed by atoms with Gasteiger partial charge in [0.2, 0.25) is 0 Å². The maximum absolute atomic E-state index is 13.5. The van der Waals surface area contributed by atoms with Gasteiger partial charge in [0, 0.05) is 19.3 Å². The minimum Gasteiger partial charge on any atom is -0.381 e. The summed E-state index contributed by atoms with van der Waals surface area (Å²) in [6.45, 7) is 1.11. The molecule has 1 atom stereocenters. The third-order valence-corrected chi connectivity index (χ3v) is 2.68. The molecule has 5 nitrogen and oxygen atoms in total. The standard InChI is InChI=1S/C11H14FN3O2/c12-9-8(3-4-14-10(9)13)11(16)15-6-7-2-1-5-17-7/h3-4,7H,1-2,5-6H2,(H2,13,14)(H,15,16). The Morgan fingerprint density at radius 3 is 3.24 bits per heavy atom. The summed E-state index contributed by atoms with van der Waals surface area (Å²) >= 11 is 0. The SMILES string of the molecule is Nc1nccc(C(=O)NCC2CCCO2)c1F. The summed E-state index contributed by atoms with van der Waals surface area (Å²) in [5.74, 6) is -1.54. The number of carbonyl (C=O) groups is 1. The van der Waals surface area contributed by atoms with Gasteiger partial charge in [-0.3, -0.25) is 4.79 Å². The van der Waals surface area contributed by atoms with Crippen molar-refractivity contribution in [1.29, 1.82) is 0 Å². The van der Waals surface area contributed by atoms with Gasteiger partial charge in [0.25, 0.3) is 5.91 Å². The zero-order chi connectivity index (χ0) is 12.3. The Balaban J connectivity index is 1.97. The molecule has 17 heavy (non-hydrogen) atoms. The predicted molar refractivity (Wildman–Crippen MR) is 59.9 cm³/mol. The monoisotopic (exact) mass is 239 g/mol. The Kier molecular flexibility index (Phi) is 3.53. The fraction of sp³-hybridized carbons (Fsp3) is 0.455. The van der Waals surface area contributed by atoms with Gasteiger partial charge in [-0.05, 0) is 18.9 Å². The third-order valence-electron chi connectivity index (χ3n) is 2.68. The third kappa shape index (κ3) is 2.71. The minimum absolute atomic E-state index is 0.0289. The number of carbonyl (C=O) groups excluding carboxylic acids is 1. The van der Waals surface area contributed by atoms with Crippen molar-refractivity contribution in [2.45, 2.75) is 18.9 Å². The van der Waals surface area contributed by atoms with E-state index in [1.165, 1.54) is 12.3 Å². The highest BCUT2D eigenvalue weighted by Crippen LogP contribution is 2.13. The maximum atomic E-state index is 13.5. The van der Waals surface area contributed by atoms with Crippen LogP contribution in [0, 0.1) is 5.82 Å². The summed E-state index contributed by atoms with van der Waals surface area (Å²) in [5, 5.41) is 2.62. The molecule has 1 unspecified atom stereocenters. The molecule has 1 aromatic rings. The van der Waals surface area contributed by atoms with E-state index in [9.17, 15) is 9.18 Å².